The Kier molecular flexibility index (Phi) is 4.77. The van der Waals surface area contributed by atoms with E-state index in [4.69, 9.17) is 10.5 Å². The molecule has 2 rings (SSSR count). The average Bonchev–Trinajstić information content (AvgIpc) is 2.90. The van der Waals surface area contributed by atoms with Crippen molar-refractivity contribution in [3.8, 4) is 0 Å². The number of primary amides is 1. The molecule has 6 heteroatoms. The number of nitrogens with two attached hydrogens (primary N) is 1. The van der Waals surface area contributed by atoms with Gasteiger partial charge < -0.3 is 20.4 Å². The normalized spacial score (nSPS) is 17.3. The highest BCUT2D eigenvalue weighted by Crippen LogP contribution is 2.17. The minimum absolute atomic E-state index is 0.244. The van der Waals surface area contributed by atoms with Crippen LogP contribution in [-0.2, 0) is 10.3 Å². The van der Waals surface area contributed by atoms with E-state index < -0.39 is 5.91 Å². The third-order valence-electron chi connectivity index (χ3n) is 3.84. The van der Waals surface area contributed by atoms with Gasteiger partial charge in [0.25, 0.3) is 5.91 Å². The summed E-state index contributed by atoms with van der Waals surface area (Å²) in [5, 5.41) is 3.49. The largest absolute Gasteiger partial charge is 0.381 e. The highest BCUT2D eigenvalue weighted by Gasteiger charge is 2.25. The summed E-state index contributed by atoms with van der Waals surface area (Å²) in [6, 6.07) is 0. The van der Waals surface area contributed by atoms with Crippen molar-refractivity contribution in [1.82, 2.24) is 14.9 Å². The Bertz CT molecular complexity index is 450. The van der Waals surface area contributed by atoms with Crippen LogP contribution in [0.3, 0.4) is 0 Å². The fourth-order valence-electron chi connectivity index (χ4n) is 2.59. The van der Waals surface area contributed by atoms with E-state index in [0.717, 1.165) is 39.1 Å². The summed E-state index contributed by atoms with van der Waals surface area (Å²) >= 11 is 0. The monoisotopic (exact) mass is 280 g/mol. The number of carbonyl (C=O) groups is 1. The molecule has 0 aliphatic carbocycles. The molecular weight excluding hydrogens is 256 g/mol. The minimum atomic E-state index is -0.493. The molecule has 20 heavy (non-hydrogen) atoms. The Morgan fingerprint density at radius 3 is 2.90 bits per heavy atom. The summed E-state index contributed by atoms with van der Waals surface area (Å²) in [6.45, 7) is 7.61. The van der Waals surface area contributed by atoms with E-state index in [1.807, 2.05) is 4.57 Å². The predicted octanol–water partition coefficient (Wildman–Crippen LogP) is 0.733. The van der Waals surface area contributed by atoms with E-state index in [1.54, 1.807) is 12.4 Å². The molecule has 112 valence electrons. The topological polar surface area (TPSA) is 82.2 Å². The van der Waals surface area contributed by atoms with Crippen molar-refractivity contribution in [2.45, 2.75) is 32.2 Å². The van der Waals surface area contributed by atoms with Gasteiger partial charge in [0.15, 0.2) is 5.82 Å². The number of rotatable bonds is 6. The smallest absolute Gasteiger partial charge is 0.284 e. The molecule has 6 nitrogen and oxygen atoms in total. The van der Waals surface area contributed by atoms with Gasteiger partial charge in [-0.2, -0.15) is 0 Å². The van der Waals surface area contributed by atoms with Crippen LogP contribution < -0.4 is 11.1 Å². The van der Waals surface area contributed by atoms with Crippen LogP contribution in [0.2, 0.25) is 0 Å². The van der Waals surface area contributed by atoms with Gasteiger partial charge in [-0.05, 0) is 39.2 Å². The third-order valence-corrected chi connectivity index (χ3v) is 3.84. The number of amides is 1. The van der Waals surface area contributed by atoms with Crippen molar-refractivity contribution in [1.29, 1.82) is 0 Å². The summed E-state index contributed by atoms with van der Waals surface area (Å²) in [4.78, 5) is 15.4. The molecule has 0 atom stereocenters. The van der Waals surface area contributed by atoms with Crippen molar-refractivity contribution in [2.24, 2.45) is 11.7 Å². The van der Waals surface area contributed by atoms with Gasteiger partial charge >= 0.3 is 0 Å². The molecule has 1 saturated heterocycles. The number of aromatic nitrogens is 2. The van der Waals surface area contributed by atoms with Gasteiger partial charge in [0.1, 0.15) is 0 Å². The molecule has 1 fully saturated rings. The van der Waals surface area contributed by atoms with Gasteiger partial charge in [0.05, 0.1) is 5.54 Å². The second-order valence-corrected chi connectivity index (χ2v) is 5.98. The van der Waals surface area contributed by atoms with Gasteiger partial charge in [0, 0.05) is 32.2 Å². The first kappa shape index (κ1) is 15.0. The van der Waals surface area contributed by atoms with Crippen molar-refractivity contribution >= 4 is 5.91 Å². The second-order valence-electron chi connectivity index (χ2n) is 5.98. The molecule has 0 radical (unpaired) electrons. The molecule has 1 aromatic rings. The van der Waals surface area contributed by atoms with Gasteiger partial charge in [-0.3, -0.25) is 4.79 Å². The van der Waals surface area contributed by atoms with Gasteiger partial charge in [-0.25, -0.2) is 4.98 Å². The number of carbonyl (C=O) groups excluding carboxylic acids is 1. The third kappa shape index (κ3) is 3.58. The quantitative estimate of drug-likeness (QED) is 0.805. The van der Waals surface area contributed by atoms with E-state index in [9.17, 15) is 4.79 Å². The molecule has 0 unspecified atom stereocenters. The number of nitrogens with one attached hydrogen (secondary N) is 1. The molecule has 2 heterocycles. The summed E-state index contributed by atoms with van der Waals surface area (Å²) in [5.74, 6) is 0.494. The Labute approximate surface area is 119 Å². The second kappa shape index (κ2) is 6.37. The molecule has 1 amide bonds. The molecule has 1 aromatic heterocycles. The molecule has 0 spiro atoms. The first-order valence-electron chi connectivity index (χ1n) is 7.13. The molecule has 0 saturated carbocycles. The van der Waals surface area contributed by atoms with Crippen LogP contribution in [0.4, 0.5) is 0 Å². The summed E-state index contributed by atoms with van der Waals surface area (Å²) in [7, 11) is 0. The molecule has 3 N–H and O–H groups in total. The van der Waals surface area contributed by atoms with Crippen LogP contribution in [-0.4, -0.2) is 41.8 Å². The van der Waals surface area contributed by atoms with Crippen molar-refractivity contribution < 1.29 is 9.53 Å². The number of ether oxygens (including phenoxy) is 1. The van der Waals surface area contributed by atoms with Crippen molar-refractivity contribution in [3.05, 3.63) is 18.2 Å². The number of hydrogen-bond donors (Lipinski definition) is 2. The minimum Gasteiger partial charge on any atom is -0.381 e. The van der Waals surface area contributed by atoms with Gasteiger partial charge in [-0.1, -0.05) is 0 Å². The molecule has 1 aliphatic heterocycles. The van der Waals surface area contributed by atoms with Crippen LogP contribution in [0.15, 0.2) is 12.4 Å². The molecule has 1 aliphatic rings. The molecule has 0 bridgehead atoms. The lowest BCUT2D eigenvalue weighted by Crippen LogP contribution is -2.42. The van der Waals surface area contributed by atoms with Crippen LogP contribution in [0, 0.1) is 5.92 Å². The summed E-state index contributed by atoms with van der Waals surface area (Å²) < 4.78 is 7.20. The van der Waals surface area contributed by atoms with Gasteiger partial charge in [-0.15, -0.1) is 0 Å². The van der Waals surface area contributed by atoms with Crippen LogP contribution in [0.25, 0.3) is 0 Å². The average molecular weight is 280 g/mol. The maximum Gasteiger partial charge on any atom is 0.284 e. The number of nitrogens with zero attached hydrogens (tertiary/aromatic N) is 2. The van der Waals surface area contributed by atoms with E-state index >= 15 is 0 Å². The fourth-order valence-corrected chi connectivity index (χ4v) is 2.59. The zero-order valence-corrected chi connectivity index (χ0v) is 12.3. The zero-order valence-electron chi connectivity index (χ0n) is 12.3. The van der Waals surface area contributed by atoms with E-state index in [1.165, 1.54) is 0 Å². The fraction of sp³-hybridized carbons (Fsp3) is 0.714. The Balaban J connectivity index is 1.89. The maximum absolute atomic E-state index is 11.4. The highest BCUT2D eigenvalue weighted by atomic mass is 16.5. The molecule has 0 aromatic carbocycles. The first-order chi connectivity index (χ1) is 9.50. The lowest BCUT2D eigenvalue weighted by atomic mass is 9.99. The lowest BCUT2D eigenvalue weighted by Gasteiger charge is -2.30. The number of hydrogen-bond acceptors (Lipinski definition) is 4. The highest BCUT2D eigenvalue weighted by molar-refractivity contribution is 5.89. The lowest BCUT2D eigenvalue weighted by molar-refractivity contribution is 0.0656. The Hall–Kier alpha value is -1.40. The maximum atomic E-state index is 11.4. The standard InChI is InChI=1S/C14H24N4O2/c1-14(2,18-6-5-17-13(18)12(15)19)10-16-9-11-3-7-20-8-4-11/h5-6,11,16H,3-4,7-10H2,1-2H3,(H2,15,19). The summed E-state index contributed by atoms with van der Waals surface area (Å²) in [5.41, 5.74) is 5.10. The van der Waals surface area contributed by atoms with Crippen LogP contribution in [0.1, 0.15) is 37.3 Å². The van der Waals surface area contributed by atoms with Crippen LogP contribution >= 0.6 is 0 Å². The van der Waals surface area contributed by atoms with Crippen molar-refractivity contribution in [3.63, 3.8) is 0 Å². The van der Waals surface area contributed by atoms with Crippen LogP contribution in [0.5, 0.6) is 0 Å². The molecular formula is C14H24N4O2. The summed E-state index contributed by atoms with van der Waals surface area (Å²) in [6.07, 6.45) is 5.65. The van der Waals surface area contributed by atoms with E-state index in [-0.39, 0.29) is 5.54 Å². The SMILES string of the molecule is CC(C)(CNCC1CCOCC1)n1ccnc1C(N)=O. The van der Waals surface area contributed by atoms with E-state index in [2.05, 4.69) is 24.1 Å². The predicted molar refractivity (Wildman–Crippen MR) is 76.5 cm³/mol. The Morgan fingerprint density at radius 2 is 2.25 bits per heavy atom. The van der Waals surface area contributed by atoms with Crippen molar-refractivity contribution in [2.75, 3.05) is 26.3 Å². The van der Waals surface area contributed by atoms with Gasteiger partial charge in [0.2, 0.25) is 0 Å². The van der Waals surface area contributed by atoms with E-state index in [0.29, 0.717) is 11.7 Å². The Morgan fingerprint density at radius 1 is 1.55 bits per heavy atom. The zero-order chi connectivity index (χ0) is 14.6. The number of imidazole rings is 1. The first-order valence-corrected chi connectivity index (χ1v) is 7.13.